The van der Waals surface area contributed by atoms with Crippen LogP contribution >= 0.6 is 0 Å². The first kappa shape index (κ1) is 23.2. The molecule has 3 aromatic rings. The van der Waals surface area contributed by atoms with Crippen LogP contribution in [-0.2, 0) is 26.0 Å². The average molecular weight is 473 g/mol. The predicted octanol–water partition coefficient (Wildman–Crippen LogP) is 1.97. The molecule has 10 heteroatoms. The van der Waals surface area contributed by atoms with Gasteiger partial charge in [-0.05, 0) is 61.0 Å². The predicted molar refractivity (Wildman–Crippen MR) is 126 cm³/mol. The average Bonchev–Trinajstić information content (AvgIpc) is 3.25. The van der Waals surface area contributed by atoms with Gasteiger partial charge in [0.1, 0.15) is 5.75 Å². The zero-order valence-corrected chi connectivity index (χ0v) is 19.3. The van der Waals surface area contributed by atoms with E-state index in [2.05, 4.69) is 15.6 Å². The summed E-state index contributed by atoms with van der Waals surface area (Å²) in [6.07, 6.45) is 2.73. The van der Waals surface area contributed by atoms with Crippen LogP contribution in [0.15, 0.2) is 53.6 Å². The zero-order chi connectivity index (χ0) is 23.3. The lowest BCUT2D eigenvalue weighted by molar-refractivity contribution is -0.115. The number of morpholine rings is 1. The summed E-state index contributed by atoms with van der Waals surface area (Å²) in [5.74, 6) is 0.610. The number of aromatic amines is 1. The number of carbonyl (C=O) groups excluding carboxylic acids is 1. The fourth-order valence-electron chi connectivity index (χ4n) is 3.77. The number of fused-ring (bicyclic) bond motifs is 1. The SMILES string of the molecule is COc1ccc2[nH]cc(CCNCC(=O)Nc3ccc(S(=O)(=O)N4CCOCC4)cc3)c2c1. The fourth-order valence-corrected chi connectivity index (χ4v) is 5.18. The van der Waals surface area contributed by atoms with Crippen LogP contribution in [0.25, 0.3) is 10.9 Å². The quantitative estimate of drug-likeness (QED) is 0.411. The van der Waals surface area contributed by atoms with Gasteiger partial charge in [-0.1, -0.05) is 0 Å². The number of amides is 1. The molecular formula is C23H28N4O5S. The number of ether oxygens (including phenoxy) is 2. The van der Waals surface area contributed by atoms with Gasteiger partial charge in [0.25, 0.3) is 0 Å². The normalized spacial score (nSPS) is 14.9. The number of H-pyrrole nitrogens is 1. The van der Waals surface area contributed by atoms with Crippen molar-refractivity contribution < 1.29 is 22.7 Å². The number of nitrogens with one attached hydrogen (secondary N) is 3. The van der Waals surface area contributed by atoms with E-state index >= 15 is 0 Å². The van der Waals surface area contributed by atoms with E-state index in [0.29, 0.717) is 38.5 Å². The van der Waals surface area contributed by atoms with E-state index in [1.54, 1.807) is 19.2 Å². The molecule has 0 spiro atoms. The van der Waals surface area contributed by atoms with E-state index in [9.17, 15) is 13.2 Å². The third-order valence-electron chi connectivity index (χ3n) is 5.58. The van der Waals surface area contributed by atoms with E-state index in [4.69, 9.17) is 9.47 Å². The molecule has 0 radical (unpaired) electrons. The van der Waals surface area contributed by atoms with Crippen molar-refractivity contribution >= 4 is 32.5 Å². The third-order valence-corrected chi connectivity index (χ3v) is 7.49. The molecule has 4 rings (SSSR count). The van der Waals surface area contributed by atoms with Crippen molar-refractivity contribution in [3.8, 4) is 5.75 Å². The van der Waals surface area contributed by atoms with Crippen molar-refractivity contribution in [2.24, 2.45) is 0 Å². The Labute approximate surface area is 193 Å². The number of aromatic nitrogens is 1. The number of hydrogen-bond donors (Lipinski definition) is 3. The van der Waals surface area contributed by atoms with Gasteiger partial charge >= 0.3 is 0 Å². The Morgan fingerprint density at radius 1 is 1.15 bits per heavy atom. The second kappa shape index (κ2) is 10.3. The maximum absolute atomic E-state index is 12.7. The highest BCUT2D eigenvalue weighted by atomic mass is 32.2. The lowest BCUT2D eigenvalue weighted by atomic mass is 10.1. The number of anilines is 1. The van der Waals surface area contributed by atoms with Gasteiger partial charge in [-0.2, -0.15) is 4.31 Å². The van der Waals surface area contributed by atoms with Crippen molar-refractivity contribution in [1.82, 2.24) is 14.6 Å². The van der Waals surface area contributed by atoms with E-state index in [-0.39, 0.29) is 17.3 Å². The molecule has 1 fully saturated rings. The van der Waals surface area contributed by atoms with Crippen LogP contribution in [0, 0.1) is 0 Å². The Hall–Kier alpha value is -2.92. The first-order chi connectivity index (χ1) is 16.0. The van der Waals surface area contributed by atoms with E-state index in [0.717, 1.165) is 28.6 Å². The molecule has 176 valence electrons. The lowest BCUT2D eigenvalue weighted by Crippen LogP contribution is -2.40. The van der Waals surface area contributed by atoms with Gasteiger partial charge in [0.2, 0.25) is 15.9 Å². The summed E-state index contributed by atoms with van der Waals surface area (Å²) in [7, 11) is -1.91. The molecule has 0 saturated carbocycles. The summed E-state index contributed by atoms with van der Waals surface area (Å²) in [5, 5.41) is 7.03. The molecule has 1 aliphatic rings. The highest BCUT2D eigenvalue weighted by Crippen LogP contribution is 2.24. The van der Waals surface area contributed by atoms with Gasteiger partial charge in [-0.3, -0.25) is 4.79 Å². The molecule has 9 nitrogen and oxygen atoms in total. The summed E-state index contributed by atoms with van der Waals surface area (Å²) < 4.78 is 37.3. The molecule has 0 aliphatic carbocycles. The largest absolute Gasteiger partial charge is 0.497 e. The first-order valence-corrected chi connectivity index (χ1v) is 12.2. The lowest BCUT2D eigenvalue weighted by Gasteiger charge is -2.26. The number of nitrogens with zero attached hydrogens (tertiary/aromatic N) is 1. The topological polar surface area (TPSA) is 113 Å². The van der Waals surface area contributed by atoms with Crippen LogP contribution in [0.4, 0.5) is 5.69 Å². The highest BCUT2D eigenvalue weighted by molar-refractivity contribution is 7.89. The number of sulfonamides is 1. The van der Waals surface area contributed by atoms with Gasteiger partial charge in [-0.25, -0.2) is 8.42 Å². The van der Waals surface area contributed by atoms with Crippen LogP contribution in [0.2, 0.25) is 0 Å². The summed E-state index contributed by atoms with van der Waals surface area (Å²) in [4.78, 5) is 15.7. The molecule has 2 aromatic carbocycles. The van der Waals surface area contributed by atoms with E-state index in [1.165, 1.54) is 16.4 Å². The number of benzene rings is 2. The minimum atomic E-state index is -3.55. The van der Waals surface area contributed by atoms with Crippen molar-refractivity contribution in [2.75, 3.05) is 51.8 Å². The molecule has 1 aliphatic heterocycles. The second-order valence-corrected chi connectivity index (χ2v) is 9.68. The fraction of sp³-hybridized carbons (Fsp3) is 0.348. The Kier molecular flexibility index (Phi) is 7.29. The first-order valence-electron chi connectivity index (χ1n) is 10.8. The van der Waals surface area contributed by atoms with Gasteiger partial charge in [0.15, 0.2) is 0 Å². The maximum atomic E-state index is 12.7. The van der Waals surface area contributed by atoms with Crippen LogP contribution < -0.4 is 15.4 Å². The molecular weight excluding hydrogens is 444 g/mol. The second-order valence-electron chi connectivity index (χ2n) is 7.74. The van der Waals surface area contributed by atoms with Crippen molar-refractivity contribution in [2.45, 2.75) is 11.3 Å². The Morgan fingerprint density at radius 3 is 2.64 bits per heavy atom. The molecule has 0 atom stereocenters. The standard InChI is InChI=1S/C23H28N4O5S/c1-31-19-4-7-22-21(14-19)17(15-25-22)8-9-24-16-23(28)26-18-2-5-20(6-3-18)33(29,30)27-10-12-32-13-11-27/h2-7,14-15,24-25H,8-13,16H2,1H3,(H,26,28). The Morgan fingerprint density at radius 2 is 1.91 bits per heavy atom. The summed E-state index contributed by atoms with van der Waals surface area (Å²) in [5.41, 5.74) is 2.74. The monoisotopic (exact) mass is 472 g/mol. The van der Waals surface area contributed by atoms with Crippen LogP contribution in [0.5, 0.6) is 5.75 Å². The van der Waals surface area contributed by atoms with Gasteiger partial charge in [0, 0.05) is 35.9 Å². The molecule has 0 bridgehead atoms. The van der Waals surface area contributed by atoms with Crippen molar-refractivity contribution in [3.05, 3.63) is 54.2 Å². The van der Waals surface area contributed by atoms with Gasteiger partial charge in [-0.15, -0.1) is 0 Å². The molecule has 33 heavy (non-hydrogen) atoms. The Bertz CT molecular complexity index is 1200. The van der Waals surface area contributed by atoms with Crippen LogP contribution in [0.1, 0.15) is 5.56 Å². The molecule has 1 aromatic heterocycles. The molecule has 1 amide bonds. The molecule has 0 unspecified atom stereocenters. The molecule has 1 saturated heterocycles. The van der Waals surface area contributed by atoms with Gasteiger partial charge in [0.05, 0.1) is 31.8 Å². The van der Waals surface area contributed by atoms with Gasteiger partial charge < -0.3 is 25.1 Å². The Balaban J connectivity index is 1.25. The summed E-state index contributed by atoms with van der Waals surface area (Å²) in [6, 6.07) is 12.1. The number of hydrogen-bond acceptors (Lipinski definition) is 6. The smallest absolute Gasteiger partial charge is 0.243 e. The summed E-state index contributed by atoms with van der Waals surface area (Å²) >= 11 is 0. The summed E-state index contributed by atoms with van der Waals surface area (Å²) in [6.45, 7) is 2.27. The van der Waals surface area contributed by atoms with Crippen molar-refractivity contribution in [1.29, 1.82) is 0 Å². The number of rotatable bonds is 9. The van der Waals surface area contributed by atoms with Crippen molar-refractivity contribution in [3.63, 3.8) is 0 Å². The maximum Gasteiger partial charge on any atom is 0.243 e. The molecule has 2 heterocycles. The minimum Gasteiger partial charge on any atom is -0.497 e. The highest BCUT2D eigenvalue weighted by Gasteiger charge is 2.26. The third kappa shape index (κ3) is 5.53. The number of methoxy groups -OCH3 is 1. The molecule has 3 N–H and O–H groups in total. The van der Waals surface area contributed by atoms with E-state index < -0.39 is 10.0 Å². The number of carbonyl (C=O) groups is 1. The van der Waals surface area contributed by atoms with Crippen LogP contribution in [-0.4, -0.2) is 70.1 Å². The minimum absolute atomic E-state index is 0.152. The van der Waals surface area contributed by atoms with Crippen LogP contribution in [0.3, 0.4) is 0 Å². The van der Waals surface area contributed by atoms with E-state index in [1.807, 2.05) is 24.4 Å². The zero-order valence-electron chi connectivity index (χ0n) is 18.5.